The van der Waals surface area contributed by atoms with Gasteiger partial charge in [0.15, 0.2) is 0 Å². The minimum absolute atomic E-state index is 0.0803. The van der Waals surface area contributed by atoms with Crippen LogP contribution in [-0.4, -0.2) is 48.0 Å². The number of aliphatic hydroxyl groups excluding tert-OH is 1. The molecule has 18 heavy (non-hydrogen) atoms. The van der Waals surface area contributed by atoms with Crippen LogP contribution in [-0.2, 0) is 0 Å². The molecule has 3 nitrogen and oxygen atoms in total. The molecule has 1 saturated carbocycles. The van der Waals surface area contributed by atoms with E-state index in [4.69, 9.17) is 5.73 Å². The molecule has 0 aromatic heterocycles. The molecule has 2 atom stereocenters. The summed E-state index contributed by atoms with van der Waals surface area (Å²) in [5.41, 5.74) is 5.48. The molecule has 6 heteroatoms. The number of halogens is 3. The topological polar surface area (TPSA) is 49.5 Å². The third kappa shape index (κ3) is 4.40. The minimum Gasteiger partial charge on any atom is -0.394 e. The Morgan fingerprint density at radius 1 is 1.44 bits per heavy atom. The van der Waals surface area contributed by atoms with Crippen molar-refractivity contribution >= 4 is 0 Å². The molecule has 0 aliphatic heterocycles. The maximum atomic E-state index is 12.3. The van der Waals surface area contributed by atoms with Crippen LogP contribution in [0.4, 0.5) is 13.2 Å². The summed E-state index contributed by atoms with van der Waals surface area (Å²) in [4.78, 5) is 1.39. The van der Waals surface area contributed by atoms with E-state index in [-0.39, 0.29) is 12.5 Å². The van der Waals surface area contributed by atoms with Gasteiger partial charge in [-0.1, -0.05) is 13.3 Å². The summed E-state index contributed by atoms with van der Waals surface area (Å²) in [7, 11) is 0. The molecule has 1 aliphatic carbocycles. The van der Waals surface area contributed by atoms with E-state index in [0.717, 1.165) is 19.3 Å². The van der Waals surface area contributed by atoms with Crippen molar-refractivity contribution in [1.82, 2.24) is 4.90 Å². The van der Waals surface area contributed by atoms with Gasteiger partial charge in [0.25, 0.3) is 0 Å². The van der Waals surface area contributed by atoms with Gasteiger partial charge >= 0.3 is 6.18 Å². The highest BCUT2D eigenvalue weighted by Crippen LogP contribution is 2.35. The number of nitrogens with two attached hydrogens (primary N) is 1. The van der Waals surface area contributed by atoms with Gasteiger partial charge in [0.1, 0.15) is 0 Å². The second kappa shape index (κ2) is 6.21. The van der Waals surface area contributed by atoms with Crippen molar-refractivity contribution in [2.75, 3.05) is 26.2 Å². The van der Waals surface area contributed by atoms with Crippen LogP contribution in [0.15, 0.2) is 0 Å². The van der Waals surface area contributed by atoms with Crippen molar-refractivity contribution in [3.63, 3.8) is 0 Å². The number of hydrogen-bond donors (Lipinski definition) is 2. The lowest BCUT2D eigenvalue weighted by Crippen LogP contribution is -2.48. The van der Waals surface area contributed by atoms with E-state index >= 15 is 0 Å². The SMILES string of the molecule is CCN(CCC1CCCC1(N)CO)CC(F)(F)F. The lowest BCUT2D eigenvalue weighted by molar-refractivity contribution is -0.145. The van der Waals surface area contributed by atoms with Gasteiger partial charge in [-0.15, -0.1) is 0 Å². The van der Waals surface area contributed by atoms with Gasteiger partial charge in [-0.05, 0) is 38.3 Å². The summed E-state index contributed by atoms with van der Waals surface area (Å²) in [5, 5.41) is 9.29. The average Bonchev–Trinajstić information content (AvgIpc) is 2.65. The molecular formula is C12H23F3N2O. The van der Waals surface area contributed by atoms with Crippen molar-refractivity contribution in [2.24, 2.45) is 11.7 Å². The lowest BCUT2D eigenvalue weighted by Gasteiger charge is -2.31. The molecule has 1 fully saturated rings. The van der Waals surface area contributed by atoms with Gasteiger partial charge in [0, 0.05) is 5.54 Å². The summed E-state index contributed by atoms with van der Waals surface area (Å²) < 4.78 is 36.9. The molecule has 0 bridgehead atoms. The Bertz CT molecular complexity index is 260. The van der Waals surface area contributed by atoms with Crippen LogP contribution in [0.5, 0.6) is 0 Å². The zero-order chi connectivity index (χ0) is 13.8. The normalized spacial score (nSPS) is 29.2. The van der Waals surface area contributed by atoms with Gasteiger partial charge in [0.05, 0.1) is 13.2 Å². The molecule has 0 aromatic carbocycles. The molecule has 3 N–H and O–H groups in total. The summed E-state index contributed by atoms with van der Waals surface area (Å²) in [6.45, 7) is 1.54. The van der Waals surface area contributed by atoms with E-state index in [1.807, 2.05) is 0 Å². The Morgan fingerprint density at radius 3 is 2.61 bits per heavy atom. The second-order valence-corrected chi connectivity index (χ2v) is 5.25. The van der Waals surface area contributed by atoms with Crippen molar-refractivity contribution in [3.8, 4) is 0 Å². The highest BCUT2D eigenvalue weighted by Gasteiger charge is 2.39. The monoisotopic (exact) mass is 268 g/mol. The summed E-state index contributed by atoms with van der Waals surface area (Å²) >= 11 is 0. The van der Waals surface area contributed by atoms with E-state index in [1.54, 1.807) is 6.92 Å². The summed E-state index contributed by atoms with van der Waals surface area (Å²) in [6, 6.07) is 0. The maximum absolute atomic E-state index is 12.3. The zero-order valence-electron chi connectivity index (χ0n) is 10.8. The van der Waals surface area contributed by atoms with Crippen LogP contribution in [0.2, 0.25) is 0 Å². The molecule has 0 heterocycles. The van der Waals surface area contributed by atoms with Crippen LogP contribution < -0.4 is 5.73 Å². The third-order valence-corrected chi connectivity index (χ3v) is 3.95. The first-order valence-electron chi connectivity index (χ1n) is 6.49. The number of hydrogen-bond acceptors (Lipinski definition) is 3. The van der Waals surface area contributed by atoms with Crippen molar-refractivity contribution in [1.29, 1.82) is 0 Å². The Balaban J connectivity index is 2.43. The Morgan fingerprint density at radius 2 is 2.11 bits per heavy atom. The third-order valence-electron chi connectivity index (χ3n) is 3.95. The van der Waals surface area contributed by atoms with Crippen molar-refractivity contribution in [2.45, 2.75) is 44.3 Å². The van der Waals surface area contributed by atoms with Gasteiger partial charge in [-0.3, -0.25) is 4.90 Å². The molecule has 0 aromatic rings. The molecule has 2 unspecified atom stereocenters. The minimum atomic E-state index is -4.15. The molecule has 0 amide bonds. The van der Waals surface area contributed by atoms with E-state index < -0.39 is 18.3 Å². The first-order valence-corrected chi connectivity index (χ1v) is 6.49. The predicted octanol–water partition coefficient (Wildman–Crippen LogP) is 1.75. The van der Waals surface area contributed by atoms with E-state index in [9.17, 15) is 18.3 Å². The number of nitrogens with zero attached hydrogens (tertiary/aromatic N) is 1. The van der Waals surface area contributed by atoms with Gasteiger partial charge in [-0.2, -0.15) is 13.2 Å². The molecule has 108 valence electrons. The quantitative estimate of drug-likeness (QED) is 0.771. The number of aliphatic hydroxyl groups is 1. The second-order valence-electron chi connectivity index (χ2n) is 5.25. The Labute approximate surface area is 106 Å². The van der Waals surface area contributed by atoms with E-state index in [2.05, 4.69) is 0 Å². The summed E-state index contributed by atoms with van der Waals surface area (Å²) in [5.74, 6) is 0.129. The maximum Gasteiger partial charge on any atom is 0.401 e. The van der Waals surface area contributed by atoms with Crippen LogP contribution in [0.1, 0.15) is 32.6 Å². The number of alkyl halides is 3. The Hall–Kier alpha value is -0.330. The molecule has 0 spiro atoms. The van der Waals surface area contributed by atoms with E-state index in [1.165, 1.54) is 4.90 Å². The average molecular weight is 268 g/mol. The summed E-state index contributed by atoms with van der Waals surface area (Å²) in [6.07, 6.45) is -0.906. The Kier molecular flexibility index (Phi) is 5.43. The molecule has 0 saturated heterocycles. The number of rotatable bonds is 6. The molecule has 1 aliphatic rings. The molecule has 0 radical (unpaired) electrons. The zero-order valence-corrected chi connectivity index (χ0v) is 10.8. The highest BCUT2D eigenvalue weighted by atomic mass is 19.4. The highest BCUT2D eigenvalue weighted by molar-refractivity contribution is 4.96. The van der Waals surface area contributed by atoms with Crippen LogP contribution in [0.3, 0.4) is 0 Å². The standard InChI is InChI=1S/C12H23F3N2O/c1-2-17(8-12(13,14)15)7-5-10-4-3-6-11(10,16)9-18/h10,18H,2-9,16H2,1H3. The van der Waals surface area contributed by atoms with Gasteiger partial charge in [0.2, 0.25) is 0 Å². The van der Waals surface area contributed by atoms with Crippen molar-refractivity contribution < 1.29 is 18.3 Å². The largest absolute Gasteiger partial charge is 0.401 e. The van der Waals surface area contributed by atoms with Gasteiger partial charge < -0.3 is 10.8 Å². The fraction of sp³-hybridized carbons (Fsp3) is 1.00. The predicted molar refractivity (Wildman–Crippen MR) is 64.1 cm³/mol. The fourth-order valence-electron chi connectivity index (χ4n) is 2.75. The first-order chi connectivity index (χ1) is 8.30. The smallest absolute Gasteiger partial charge is 0.394 e. The van der Waals surface area contributed by atoms with Crippen LogP contribution in [0.25, 0.3) is 0 Å². The molecular weight excluding hydrogens is 245 g/mol. The fourth-order valence-corrected chi connectivity index (χ4v) is 2.75. The van der Waals surface area contributed by atoms with E-state index in [0.29, 0.717) is 19.5 Å². The lowest BCUT2D eigenvalue weighted by atomic mass is 9.86. The van der Waals surface area contributed by atoms with Crippen LogP contribution >= 0.6 is 0 Å². The first kappa shape index (κ1) is 15.7. The van der Waals surface area contributed by atoms with Gasteiger partial charge in [-0.25, -0.2) is 0 Å². The van der Waals surface area contributed by atoms with Crippen molar-refractivity contribution in [3.05, 3.63) is 0 Å². The van der Waals surface area contributed by atoms with Crippen LogP contribution in [0, 0.1) is 5.92 Å². The molecule has 1 rings (SSSR count).